The van der Waals surface area contributed by atoms with Gasteiger partial charge in [-0.05, 0) is 85.3 Å². The first-order valence-electron chi connectivity index (χ1n) is 14.4. The fraction of sp³-hybridized carbons (Fsp3) is 0.364. The van der Waals surface area contributed by atoms with Gasteiger partial charge in [0.25, 0.3) is 5.91 Å². The smallest absolute Gasteiger partial charge is 0.287 e. The van der Waals surface area contributed by atoms with Gasteiger partial charge in [-0.1, -0.05) is 12.1 Å². The quantitative estimate of drug-likeness (QED) is 0.325. The standard InChI is InChI=1S/C33H35N5O3/c34-21-24-1-3-25(4-2-24)22-38-17-11-29(12-18-38)40-30-5-6-31-27(19-30)20-32(41-31)33(39)36-28-9-15-37(16-10-28)23-26-7-13-35-14-8-26/h1-8,13-14,19-20,28-29H,9-12,15-18,22-23H2,(H,36,39). The van der Waals surface area contributed by atoms with E-state index in [0.717, 1.165) is 76.1 Å². The summed E-state index contributed by atoms with van der Waals surface area (Å²) in [4.78, 5) is 21.9. The number of nitriles is 1. The van der Waals surface area contributed by atoms with E-state index in [-0.39, 0.29) is 18.1 Å². The summed E-state index contributed by atoms with van der Waals surface area (Å²) in [6.45, 7) is 5.62. The van der Waals surface area contributed by atoms with Gasteiger partial charge in [0.1, 0.15) is 17.4 Å². The maximum atomic E-state index is 13.0. The second-order valence-corrected chi connectivity index (χ2v) is 11.1. The molecule has 0 spiro atoms. The van der Waals surface area contributed by atoms with Crippen molar-refractivity contribution in [2.45, 2.75) is 50.9 Å². The molecule has 2 saturated heterocycles. The molecular weight excluding hydrogens is 514 g/mol. The van der Waals surface area contributed by atoms with Crippen LogP contribution in [-0.4, -0.2) is 59.0 Å². The lowest BCUT2D eigenvalue weighted by atomic mass is 10.0. The van der Waals surface area contributed by atoms with Crippen molar-refractivity contribution in [2.24, 2.45) is 0 Å². The van der Waals surface area contributed by atoms with Gasteiger partial charge in [-0.3, -0.25) is 19.6 Å². The van der Waals surface area contributed by atoms with Crippen molar-refractivity contribution in [3.05, 3.63) is 95.5 Å². The van der Waals surface area contributed by atoms with Gasteiger partial charge in [-0.25, -0.2) is 0 Å². The zero-order valence-corrected chi connectivity index (χ0v) is 23.2. The van der Waals surface area contributed by atoms with Crippen LogP contribution in [0.4, 0.5) is 0 Å². The lowest BCUT2D eigenvalue weighted by Crippen LogP contribution is -2.44. The van der Waals surface area contributed by atoms with Crippen LogP contribution in [-0.2, 0) is 13.1 Å². The molecule has 2 aliphatic heterocycles. The average Bonchev–Trinajstić information content (AvgIpc) is 3.44. The normalized spacial score (nSPS) is 17.3. The van der Waals surface area contributed by atoms with E-state index < -0.39 is 0 Å². The van der Waals surface area contributed by atoms with Gasteiger partial charge in [-0.15, -0.1) is 0 Å². The number of pyridine rings is 1. The van der Waals surface area contributed by atoms with E-state index in [0.29, 0.717) is 16.9 Å². The number of carbonyl (C=O) groups is 1. The molecule has 0 radical (unpaired) electrons. The minimum atomic E-state index is -0.161. The molecular formula is C33H35N5O3. The highest BCUT2D eigenvalue weighted by Crippen LogP contribution is 2.27. The fourth-order valence-corrected chi connectivity index (χ4v) is 5.77. The van der Waals surface area contributed by atoms with Crippen molar-refractivity contribution < 1.29 is 13.9 Å². The molecule has 6 rings (SSSR count). The summed E-state index contributed by atoms with van der Waals surface area (Å²) in [5, 5.41) is 13.0. The fourth-order valence-electron chi connectivity index (χ4n) is 5.77. The lowest BCUT2D eigenvalue weighted by Gasteiger charge is -2.32. The molecule has 1 amide bonds. The van der Waals surface area contributed by atoms with Crippen LogP contribution in [0.25, 0.3) is 11.0 Å². The number of nitrogens with one attached hydrogen (secondary N) is 1. The number of carbonyl (C=O) groups excluding carboxylic acids is 1. The zero-order valence-electron chi connectivity index (χ0n) is 23.2. The Balaban J connectivity index is 0.974. The minimum Gasteiger partial charge on any atom is -0.490 e. The molecule has 2 fully saturated rings. The van der Waals surface area contributed by atoms with Crippen molar-refractivity contribution in [3.8, 4) is 11.8 Å². The third kappa shape index (κ3) is 6.94. The summed E-state index contributed by atoms with van der Waals surface area (Å²) < 4.78 is 12.2. The van der Waals surface area contributed by atoms with Gasteiger partial charge in [0.05, 0.1) is 11.6 Å². The van der Waals surface area contributed by atoms with Crippen LogP contribution < -0.4 is 10.1 Å². The summed E-state index contributed by atoms with van der Waals surface area (Å²) in [6.07, 6.45) is 7.56. The highest BCUT2D eigenvalue weighted by Gasteiger charge is 2.24. The Kier molecular flexibility index (Phi) is 8.26. The molecule has 210 valence electrons. The molecule has 0 aliphatic carbocycles. The van der Waals surface area contributed by atoms with Crippen molar-refractivity contribution in [2.75, 3.05) is 26.2 Å². The molecule has 2 aromatic heterocycles. The van der Waals surface area contributed by atoms with Gasteiger partial charge >= 0.3 is 0 Å². The predicted molar refractivity (Wildman–Crippen MR) is 156 cm³/mol. The number of furan rings is 1. The first-order chi connectivity index (χ1) is 20.1. The summed E-state index contributed by atoms with van der Waals surface area (Å²) in [6, 6.07) is 21.8. The molecule has 0 unspecified atom stereocenters. The molecule has 0 atom stereocenters. The number of fused-ring (bicyclic) bond motifs is 1. The molecule has 1 N–H and O–H groups in total. The highest BCUT2D eigenvalue weighted by atomic mass is 16.5. The number of hydrogen-bond donors (Lipinski definition) is 1. The summed E-state index contributed by atoms with van der Waals surface area (Å²) >= 11 is 0. The maximum Gasteiger partial charge on any atom is 0.287 e. The molecule has 2 aliphatic rings. The van der Waals surface area contributed by atoms with E-state index in [1.165, 1.54) is 11.1 Å². The molecule has 4 aromatic rings. The Labute approximate surface area is 240 Å². The predicted octanol–water partition coefficient (Wildman–Crippen LogP) is 5.14. The average molecular weight is 550 g/mol. The van der Waals surface area contributed by atoms with Crippen LogP contribution >= 0.6 is 0 Å². The molecule has 8 nitrogen and oxygen atoms in total. The molecule has 0 saturated carbocycles. The number of ether oxygens (including phenoxy) is 1. The number of piperidine rings is 2. The lowest BCUT2D eigenvalue weighted by molar-refractivity contribution is 0.0883. The van der Waals surface area contributed by atoms with Crippen molar-refractivity contribution in [3.63, 3.8) is 0 Å². The van der Waals surface area contributed by atoms with Crippen LogP contribution in [0.5, 0.6) is 5.75 Å². The number of benzene rings is 2. The maximum absolute atomic E-state index is 13.0. The van der Waals surface area contributed by atoms with Crippen LogP contribution in [0.3, 0.4) is 0 Å². The Morgan fingerprint density at radius 3 is 2.24 bits per heavy atom. The van der Waals surface area contributed by atoms with Crippen LogP contribution in [0, 0.1) is 11.3 Å². The largest absolute Gasteiger partial charge is 0.490 e. The zero-order chi connectivity index (χ0) is 28.0. The van der Waals surface area contributed by atoms with Crippen LogP contribution in [0.1, 0.15) is 52.9 Å². The summed E-state index contributed by atoms with van der Waals surface area (Å²) in [5.74, 6) is 0.982. The number of likely N-dealkylation sites (tertiary alicyclic amines) is 2. The van der Waals surface area contributed by atoms with Crippen molar-refractivity contribution in [1.82, 2.24) is 20.1 Å². The monoisotopic (exact) mass is 549 g/mol. The van der Waals surface area contributed by atoms with Gasteiger partial charge in [0.2, 0.25) is 0 Å². The van der Waals surface area contributed by atoms with Gasteiger partial charge in [0.15, 0.2) is 5.76 Å². The third-order valence-electron chi connectivity index (χ3n) is 8.12. The Hall–Kier alpha value is -4.19. The number of rotatable bonds is 8. The molecule has 4 heterocycles. The highest BCUT2D eigenvalue weighted by molar-refractivity contribution is 5.96. The molecule has 41 heavy (non-hydrogen) atoms. The van der Waals surface area contributed by atoms with E-state index in [9.17, 15) is 4.79 Å². The van der Waals surface area contributed by atoms with E-state index in [1.807, 2.05) is 60.9 Å². The van der Waals surface area contributed by atoms with Crippen molar-refractivity contribution >= 4 is 16.9 Å². The second kappa shape index (κ2) is 12.5. The Bertz CT molecular complexity index is 1500. The first kappa shape index (κ1) is 27.0. The van der Waals surface area contributed by atoms with Crippen LogP contribution in [0.2, 0.25) is 0 Å². The van der Waals surface area contributed by atoms with Crippen molar-refractivity contribution in [1.29, 1.82) is 5.26 Å². The number of nitrogens with zero attached hydrogens (tertiary/aromatic N) is 4. The number of amides is 1. The Morgan fingerprint density at radius 2 is 1.56 bits per heavy atom. The van der Waals surface area contributed by atoms with Crippen LogP contribution in [0.15, 0.2) is 77.5 Å². The minimum absolute atomic E-state index is 0.145. The van der Waals surface area contributed by atoms with Gasteiger partial charge < -0.3 is 14.5 Å². The number of hydrogen-bond acceptors (Lipinski definition) is 7. The SMILES string of the molecule is N#Cc1ccc(CN2CCC(Oc3ccc4oc(C(=O)NC5CCN(Cc6ccncc6)CC5)cc4c3)CC2)cc1. The molecule has 8 heteroatoms. The first-order valence-corrected chi connectivity index (χ1v) is 14.4. The van der Waals surface area contributed by atoms with E-state index in [4.69, 9.17) is 14.4 Å². The second-order valence-electron chi connectivity index (χ2n) is 11.1. The molecule has 0 bridgehead atoms. The van der Waals surface area contributed by atoms with E-state index >= 15 is 0 Å². The third-order valence-corrected chi connectivity index (χ3v) is 8.12. The summed E-state index contributed by atoms with van der Waals surface area (Å²) in [7, 11) is 0. The number of aromatic nitrogens is 1. The van der Waals surface area contributed by atoms with Gasteiger partial charge in [-0.2, -0.15) is 5.26 Å². The van der Waals surface area contributed by atoms with E-state index in [2.05, 4.69) is 38.3 Å². The van der Waals surface area contributed by atoms with E-state index in [1.54, 1.807) is 0 Å². The Morgan fingerprint density at radius 1 is 0.902 bits per heavy atom. The summed E-state index contributed by atoms with van der Waals surface area (Å²) in [5.41, 5.74) is 3.86. The topological polar surface area (TPSA) is 94.6 Å². The van der Waals surface area contributed by atoms with Gasteiger partial charge in [0, 0.05) is 63.1 Å². The molecule has 2 aromatic carbocycles.